The van der Waals surface area contributed by atoms with Crippen molar-refractivity contribution in [2.45, 2.75) is 43.2 Å². The van der Waals surface area contributed by atoms with Crippen molar-refractivity contribution in [3.05, 3.63) is 65.7 Å². The lowest BCUT2D eigenvalue weighted by Crippen LogP contribution is -2.51. The largest absolute Gasteiger partial charge is 0.480 e. The predicted molar refractivity (Wildman–Crippen MR) is 108 cm³/mol. The fourth-order valence-electron chi connectivity index (χ4n) is 3.45. The zero-order valence-electron chi connectivity index (χ0n) is 16.1. The number of aryl methyl sites for hydroxylation is 1. The minimum absolute atomic E-state index is 0.124. The summed E-state index contributed by atoms with van der Waals surface area (Å²) in [5.41, 5.74) is 1.71. The average Bonchev–Trinajstić information content (AvgIpc) is 3.19. The van der Waals surface area contributed by atoms with Crippen LogP contribution in [0.5, 0.6) is 0 Å². The third kappa shape index (κ3) is 4.83. The van der Waals surface area contributed by atoms with E-state index in [0.29, 0.717) is 12.8 Å². The Morgan fingerprint density at radius 3 is 2.41 bits per heavy atom. The Balaban J connectivity index is 1.76. The van der Waals surface area contributed by atoms with Crippen LogP contribution in [0, 0.1) is 6.92 Å². The lowest BCUT2D eigenvalue weighted by Gasteiger charge is -2.25. The van der Waals surface area contributed by atoms with Crippen molar-refractivity contribution in [1.82, 2.24) is 9.62 Å². The van der Waals surface area contributed by atoms with Gasteiger partial charge in [0.05, 0.1) is 4.90 Å². The highest BCUT2D eigenvalue weighted by atomic mass is 32.2. The van der Waals surface area contributed by atoms with Crippen LogP contribution in [-0.4, -0.2) is 48.3 Å². The van der Waals surface area contributed by atoms with Gasteiger partial charge < -0.3 is 10.4 Å². The van der Waals surface area contributed by atoms with Crippen LogP contribution in [0.4, 0.5) is 0 Å². The van der Waals surface area contributed by atoms with Crippen LogP contribution in [0.1, 0.15) is 24.0 Å². The topological polar surface area (TPSA) is 104 Å². The highest BCUT2D eigenvalue weighted by Gasteiger charge is 2.40. The fraction of sp³-hybridized carbons (Fsp3) is 0.333. The van der Waals surface area contributed by atoms with Crippen molar-refractivity contribution in [3.8, 4) is 0 Å². The van der Waals surface area contributed by atoms with E-state index in [2.05, 4.69) is 5.32 Å². The molecule has 0 aromatic heterocycles. The summed E-state index contributed by atoms with van der Waals surface area (Å²) in [4.78, 5) is 24.6. The number of carboxylic acids is 1. The number of rotatable bonds is 7. The molecule has 154 valence electrons. The Morgan fingerprint density at radius 2 is 1.79 bits per heavy atom. The molecule has 7 nitrogen and oxygen atoms in total. The van der Waals surface area contributed by atoms with Gasteiger partial charge in [0, 0.05) is 13.0 Å². The number of benzene rings is 2. The van der Waals surface area contributed by atoms with Crippen LogP contribution in [0.15, 0.2) is 59.5 Å². The van der Waals surface area contributed by atoms with E-state index >= 15 is 0 Å². The van der Waals surface area contributed by atoms with Gasteiger partial charge in [0.2, 0.25) is 15.9 Å². The quantitative estimate of drug-likeness (QED) is 0.718. The summed E-state index contributed by atoms with van der Waals surface area (Å²) in [5.74, 6) is -1.74. The number of hydrogen-bond donors (Lipinski definition) is 2. The SMILES string of the molecule is Cc1ccc(S(=O)(=O)N2CCC[C@H]2C(=O)N[C@@H](Cc2ccccc2)C(=O)O)cc1. The van der Waals surface area contributed by atoms with Crippen LogP contribution < -0.4 is 5.32 Å². The molecule has 0 unspecified atom stereocenters. The van der Waals surface area contributed by atoms with Gasteiger partial charge in [-0.3, -0.25) is 4.79 Å². The smallest absolute Gasteiger partial charge is 0.326 e. The number of amides is 1. The minimum atomic E-state index is -3.84. The van der Waals surface area contributed by atoms with Crippen LogP contribution in [0.3, 0.4) is 0 Å². The van der Waals surface area contributed by atoms with E-state index in [1.165, 1.54) is 16.4 Å². The first-order chi connectivity index (χ1) is 13.8. The highest BCUT2D eigenvalue weighted by molar-refractivity contribution is 7.89. The molecule has 1 saturated heterocycles. The first-order valence-electron chi connectivity index (χ1n) is 9.44. The second-order valence-electron chi connectivity index (χ2n) is 7.18. The molecule has 2 N–H and O–H groups in total. The van der Waals surface area contributed by atoms with E-state index in [-0.39, 0.29) is 17.9 Å². The van der Waals surface area contributed by atoms with Crippen LogP contribution >= 0.6 is 0 Å². The van der Waals surface area contributed by atoms with Crippen molar-refractivity contribution in [3.63, 3.8) is 0 Å². The molecule has 2 atom stereocenters. The molecule has 29 heavy (non-hydrogen) atoms. The zero-order chi connectivity index (χ0) is 21.0. The van der Waals surface area contributed by atoms with E-state index in [0.717, 1.165) is 11.1 Å². The molecule has 0 saturated carbocycles. The van der Waals surface area contributed by atoms with Crippen molar-refractivity contribution in [1.29, 1.82) is 0 Å². The monoisotopic (exact) mass is 416 g/mol. The van der Waals surface area contributed by atoms with Crippen LogP contribution in [-0.2, 0) is 26.0 Å². The summed E-state index contributed by atoms with van der Waals surface area (Å²) in [6, 6.07) is 13.4. The Labute approximate surface area is 170 Å². The van der Waals surface area contributed by atoms with Crippen LogP contribution in [0.25, 0.3) is 0 Å². The van der Waals surface area contributed by atoms with Crippen molar-refractivity contribution < 1.29 is 23.1 Å². The first kappa shape index (κ1) is 21.0. The maximum atomic E-state index is 13.0. The van der Waals surface area contributed by atoms with Gasteiger partial charge in [-0.2, -0.15) is 4.31 Å². The molecule has 0 aliphatic carbocycles. The number of nitrogens with one attached hydrogen (secondary N) is 1. The molecule has 1 fully saturated rings. The molecule has 3 rings (SSSR count). The third-order valence-corrected chi connectivity index (χ3v) is 6.95. The normalized spacial score (nSPS) is 18.3. The maximum Gasteiger partial charge on any atom is 0.326 e. The lowest BCUT2D eigenvalue weighted by molar-refractivity contribution is -0.142. The van der Waals surface area contributed by atoms with Gasteiger partial charge in [-0.1, -0.05) is 48.0 Å². The van der Waals surface area contributed by atoms with E-state index in [4.69, 9.17) is 0 Å². The molecule has 2 aromatic rings. The summed E-state index contributed by atoms with van der Waals surface area (Å²) < 4.78 is 27.2. The first-order valence-corrected chi connectivity index (χ1v) is 10.9. The number of aliphatic carboxylic acids is 1. The number of hydrogen-bond acceptors (Lipinski definition) is 4. The molecule has 1 amide bonds. The Kier molecular flexibility index (Phi) is 6.34. The summed E-state index contributed by atoms with van der Waals surface area (Å²) in [5, 5.41) is 12.0. The average molecular weight is 416 g/mol. The van der Waals surface area contributed by atoms with Gasteiger partial charge in [0.25, 0.3) is 0 Å². The lowest BCUT2D eigenvalue weighted by atomic mass is 10.1. The minimum Gasteiger partial charge on any atom is -0.480 e. The second kappa shape index (κ2) is 8.75. The molecule has 1 aliphatic rings. The number of sulfonamides is 1. The number of carbonyl (C=O) groups excluding carboxylic acids is 1. The van der Waals surface area contributed by atoms with Gasteiger partial charge in [-0.15, -0.1) is 0 Å². The predicted octanol–water partition coefficient (Wildman–Crippen LogP) is 1.96. The molecule has 0 radical (unpaired) electrons. The third-order valence-electron chi connectivity index (χ3n) is 5.03. The van der Waals surface area contributed by atoms with Crippen molar-refractivity contribution in [2.75, 3.05) is 6.54 Å². The van der Waals surface area contributed by atoms with Crippen LogP contribution in [0.2, 0.25) is 0 Å². The molecule has 1 aliphatic heterocycles. The van der Waals surface area contributed by atoms with Gasteiger partial charge in [-0.05, 0) is 37.5 Å². The van der Waals surface area contributed by atoms with Gasteiger partial charge >= 0.3 is 5.97 Å². The summed E-state index contributed by atoms with van der Waals surface area (Å²) >= 11 is 0. The molecule has 0 spiro atoms. The Bertz CT molecular complexity index is 974. The maximum absolute atomic E-state index is 13.0. The van der Waals surface area contributed by atoms with Crippen molar-refractivity contribution in [2.24, 2.45) is 0 Å². The Hall–Kier alpha value is -2.71. The van der Waals surface area contributed by atoms with Crippen molar-refractivity contribution >= 4 is 21.9 Å². The fourth-order valence-corrected chi connectivity index (χ4v) is 5.11. The summed E-state index contributed by atoms with van der Waals surface area (Å²) in [6.07, 6.45) is 1.02. The van der Waals surface area contributed by atoms with Gasteiger partial charge in [0.15, 0.2) is 0 Å². The molecular weight excluding hydrogens is 392 g/mol. The number of nitrogens with zero attached hydrogens (tertiary/aromatic N) is 1. The molecule has 2 aromatic carbocycles. The number of carboxylic acid groups (broad SMARTS) is 1. The van der Waals surface area contributed by atoms with E-state index < -0.39 is 34.0 Å². The van der Waals surface area contributed by atoms with E-state index in [1.807, 2.05) is 13.0 Å². The molecule has 1 heterocycles. The molecule has 8 heteroatoms. The number of carbonyl (C=O) groups is 2. The zero-order valence-corrected chi connectivity index (χ0v) is 16.9. The highest BCUT2D eigenvalue weighted by Crippen LogP contribution is 2.26. The van der Waals surface area contributed by atoms with Gasteiger partial charge in [0.1, 0.15) is 12.1 Å². The Morgan fingerprint density at radius 1 is 1.14 bits per heavy atom. The van der Waals surface area contributed by atoms with E-state index in [1.54, 1.807) is 36.4 Å². The molecule has 0 bridgehead atoms. The standard InChI is InChI=1S/C21H24N2O5S/c1-15-9-11-17(12-10-15)29(27,28)23-13-5-8-19(23)20(24)22-18(21(25)26)14-16-6-3-2-4-7-16/h2-4,6-7,9-12,18-19H,5,8,13-14H2,1H3,(H,22,24)(H,25,26)/t18-,19-/m0/s1. The summed E-state index contributed by atoms with van der Waals surface area (Å²) in [6.45, 7) is 2.09. The molecular formula is C21H24N2O5S. The van der Waals surface area contributed by atoms with Gasteiger partial charge in [-0.25, -0.2) is 13.2 Å². The summed E-state index contributed by atoms with van der Waals surface area (Å²) in [7, 11) is -3.84. The second-order valence-corrected chi connectivity index (χ2v) is 9.07. The van der Waals surface area contributed by atoms with E-state index in [9.17, 15) is 23.1 Å².